The van der Waals surface area contributed by atoms with Crippen molar-refractivity contribution in [1.29, 1.82) is 0 Å². The molecular formula is C31H30N4O3S. The van der Waals surface area contributed by atoms with Gasteiger partial charge < -0.3 is 10.3 Å². The van der Waals surface area contributed by atoms with Crippen LogP contribution >= 0.6 is 11.8 Å². The Hall–Kier alpha value is -4.17. The summed E-state index contributed by atoms with van der Waals surface area (Å²) < 4.78 is 1.56. The van der Waals surface area contributed by atoms with E-state index in [1.165, 1.54) is 11.8 Å². The first-order chi connectivity index (χ1) is 18.7. The van der Waals surface area contributed by atoms with Gasteiger partial charge in [0.25, 0.3) is 11.5 Å². The van der Waals surface area contributed by atoms with Crippen LogP contribution in [0.1, 0.15) is 45.7 Å². The lowest BCUT2D eigenvalue weighted by atomic mass is 10.1. The maximum Gasteiger partial charge on any atom is 0.266 e. The fourth-order valence-electron chi connectivity index (χ4n) is 4.62. The van der Waals surface area contributed by atoms with Gasteiger partial charge in [-0.1, -0.05) is 49.9 Å². The number of rotatable bonds is 8. The number of para-hydroxylation sites is 1. The van der Waals surface area contributed by atoms with Crippen molar-refractivity contribution in [3.63, 3.8) is 0 Å². The number of amides is 1. The van der Waals surface area contributed by atoms with Crippen molar-refractivity contribution in [3.8, 4) is 5.69 Å². The van der Waals surface area contributed by atoms with Gasteiger partial charge in [0.05, 0.1) is 22.3 Å². The van der Waals surface area contributed by atoms with Crippen LogP contribution in [0.25, 0.3) is 27.5 Å². The Morgan fingerprint density at radius 3 is 2.49 bits per heavy atom. The van der Waals surface area contributed by atoms with E-state index >= 15 is 0 Å². The number of aromatic amines is 1. The molecule has 2 heterocycles. The molecule has 0 unspecified atom stereocenters. The molecule has 0 spiro atoms. The van der Waals surface area contributed by atoms with Crippen LogP contribution < -0.4 is 10.9 Å². The predicted molar refractivity (Wildman–Crippen MR) is 157 cm³/mol. The number of nitrogens with zero attached hydrogens (tertiary/aromatic N) is 2. The molecule has 39 heavy (non-hydrogen) atoms. The Bertz CT molecular complexity index is 1760. The molecular weight excluding hydrogens is 508 g/mol. The second-order valence-corrected chi connectivity index (χ2v) is 11.1. The summed E-state index contributed by atoms with van der Waals surface area (Å²) in [5, 5.41) is 4.57. The van der Waals surface area contributed by atoms with Crippen molar-refractivity contribution in [2.45, 2.75) is 32.9 Å². The van der Waals surface area contributed by atoms with Gasteiger partial charge in [-0.15, -0.1) is 0 Å². The molecule has 0 fully saturated rings. The van der Waals surface area contributed by atoms with Gasteiger partial charge in [0, 0.05) is 34.8 Å². The lowest BCUT2D eigenvalue weighted by molar-refractivity contribution is 0.0948. The van der Waals surface area contributed by atoms with Crippen LogP contribution in [-0.4, -0.2) is 38.5 Å². The number of aryl methyl sites for hydroxylation is 2. The molecule has 0 aliphatic rings. The maximum atomic E-state index is 13.8. The molecule has 1 amide bonds. The Labute approximate surface area is 230 Å². The van der Waals surface area contributed by atoms with Crippen LogP contribution in [0.4, 0.5) is 0 Å². The molecule has 3 aromatic carbocycles. The summed E-state index contributed by atoms with van der Waals surface area (Å²) >= 11 is 1.21. The predicted octanol–water partition coefficient (Wildman–Crippen LogP) is 5.84. The van der Waals surface area contributed by atoms with Crippen molar-refractivity contribution < 1.29 is 9.59 Å². The topological polar surface area (TPSA) is 96.8 Å². The first kappa shape index (κ1) is 26.4. The number of carbonyl (C=O) groups excluding carboxylic acids is 2. The van der Waals surface area contributed by atoms with Crippen LogP contribution in [0.2, 0.25) is 0 Å². The molecule has 0 aliphatic heterocycles. The summed E-state index contributed by atoms with van der Waals surface area (Å²) in [7, 11) is 0. The van der Waals surface area contributed by atoms with Crippen molar-refractivity contribution in [2.75, 3.05) is 12.3 Å². The van der Waals surface area contributed by atoms with E-state index in [-0.39, 0.29) is 23.0 Å². The molecule has 0 saturated carbocycles. The molecule has 8 heteroatoms. The minimum Gasteiger partial charge on any atom is -0.360 e. The van der Waals surface area contributed by atoms with Crippen LogP contribution in [0.5, 0.6) is 0 Å². The van der Waals surface area contributed by atoms with Crippen molar-refractivity contribution in [2.24, 2.45) is 5.92 Å². The summed E-state index contributed by atoms with van der Waals surface area (Å²) in [5.41, 5.74) is 4.81. The largest absolute Gasteiger partial charge is 0.360 e. The average Bonchev–Trinajstić information content (AvgIpc) is 3.34. The zero-order valence-corrected chi connectivity index (χ0v) is 23.2. The molecule has 198 valence electrons. The molecule has 0 saturated heterocycles. The molecule has 0 aliphatic carbocycles. The quantitative estimate of drug-likeness (QED) is 0.147. The summed E-state index contributed by atoms with van der Waals surface area (Å²) in [6.07, 6.45) is 1.72. The van der Waals surface area contributed by atoms with E-state index < -0.39 is 0 Å². The van der Waals surface area contributed by atoms with E-state index in [4.69, 9.17) is 4.98 Å². The molecule has 0 atom stereocenters. The van der Waals surface area contributed by atoms with Gasteiger partial charge in [0.2, 0.25) is 0 Å². The van der Waals surface area contributed by atoms with Gasteiger partial charge in [-0.25, -0.2) is 4.98 Å². The highest BCUT2D eigenvalue weighted by atomic mass is 32.2. The van der Waals surface area contributed by atoms with E-state index in [0.717, 1.165) is 22.0 Å². The Kier molecular flexibility index (Phi) is 7.39. The third-order valence-corrected chi connectivity index (χ3v) is 7.40. The number of nitrogens with one attached hydrogen (secondary N) is 2. The second kappa shape index (κ2) is 10.9. The van der Waals surface area contributed by atoms with E-state index in [1.54, 1.807) is 29.0 Å². The Balaban J connectivity index is 1.57. The minimum absolute atomic E-state index is 0.0689. The number of aromatic nitrogens is 3. The number of hydrogen-bond acceptors (Lipinski definition) is 5. The van der Waals surface area contributed by atoms with E-state index in [0.29, 0.717) is 45.3 Å². The lowest BCUT2D eigenvalue weighted by Gasteiger charge is -2.15. The summed E-state index contributed by atoms with van der Waals surface area (Å²) in [4.78, 5) is 47.8. The third kappa shape index (κ3) is 5.52. The smallest absolute Gasteiger partial charge is 0.266 e. The third-order valence-electron chi connectivity index (χ3n) is 6.46. The lowest BCUT2D eigenvalue weighted by Crippen LogP contribution is -2.27. The summed E-state index contributed by atoms with van der Waals surface area (Å²) in [6, 6.07) is 18.5. The average molecular weight is 539 g/mol. The highest BCUT2D eigenvalue weighted by Gasteiger charge is 2.19. The van der Waals surface area contributed by atoms with Crippen LogP contribution in [0.3, 0.4) is 0 Å². The summed E-state index contributed by atoms with van der Waals surface area (Å²) in [6.45, 7) is 8.56. The molecule has 0 bridgehead atoms. The number of carbonyl (C=O) groups is 2. The van der Waals surface area contributed by atoms with Crippen LogP contribution in [-0.2, 0) is 0 Å². The van der Waals surface area contributed by atoms with Gasteiger partial charge in [-0.2, -0.15) is 0 Å². The van der Waals surface area contributed by atoms with Gasteiger partial charge >= 0.3 is 0 Å². The number of fused-ring (bicyclic) bond motifs is 2. The van der Waals surface area contributed by atoms with Crippen molar-refractivity contribution in [3.05, 3.63) is 99.5 Å². The minimum atomic E-state index is -0.249. The number of ketones is 1. The van der Waals surface area contributed by atoms with Crippen LogP contribution in [0.15, 0.2) is 76.8 Å². The fraction of sp³-hybridized carbons (Fsp3) is 0.226. The number of Topliss-reactive ketones (excluding diaryl/α,β-unsaturated/α-hetero) is 1. The number of benzene rings is 3. The normalized spacial score (nSPS) is 11.4. The number of hydrogen-bond donors (Lipinski definition) is 2. The summed E-state index contributed by atoms with van der Waals surface area (Å²) in [5.74, 6) is 0.129. The van der Waals surface area contributed by atoms with Crippen LogP contribution in [0, 0.1) is 19.8 Å². The zero-order chi connectivity index (χ0) is 27.7. The highest BCUT2D eigenvalue weighted by molar-refractivity contribution is 7.99. The SMILES string of the molecule is Cc1cc(C)cc(-n2c(SCC(=O)c3c[nH]c4ccccc34)nc3cc(C(=O)NCC(C)C)ccc3c2=O)c1. The van der Waals surface area contributed by atoms with E-state index in [1.807, 2.05) is 70.2 Å². The highest BCUT2D eigenvalue weighted by Crippen LogP contribution is 2.26. The van der Waals surface area contributed by atoms with E-state index in [2.05, 4.69) is 10.3 Å². The molecule has 2 N–H and O–H groups in total. The Morgan fingerprint density at radius 2 is 1.74 bits per heavy atom. The standard InChI is InChI=1S/C31H30N4O3S/c1-18(2)15-33-29(37)21-9-10-24-27(14-21)34-31(35(30(24)38)22-12-19(3)11-20(4)13-22)39-17-28(36)25-16-32-26-8-6-5-7-23(25)26/h5-14,16,18,32H,15,17H2,1-4H3,(H,33,37). The van der Waals surface area contributed by atoms with Gasteiger partial charge in [-0.3, -0.25) is 19.0 Å². The van der Waals surface area contributed by atoms with Crippen molar-refractivity contribution >= 4 is 45.3 Å². The van der Waals surface area contributed by atoms with Gasteiger partial charge in [0.1, 0.15) is 0 Å². The van der Waals surface area contributed by atoms with Crippen molar-refractivity contribution in [1.82, 2.24) is 19.9 Å². The Morgan fingerprint density at radius 1 is 1.00 bits per heavy atom. The fourth-order valence-corrected chi connectivity index (χ4v) is 5.52. The first-order valence-electron chi connectivity index (χ1n) is 12.9. The molecule has 5 rings (SSSR count). The second-order valence-electron chi connectivity index (χ2n) is 10.2. The molecule has 7 nitrogen and oxygen atoms in total. The molecule has 2 aromatic heterocycles. The van der Waals surface area contributed by atoms with E-state index in [9.17, 15) is 14.4 Å². The zero-order valence-electron chi connectivity index (χ0n) is 22.4. The number of H-pyrrole nitrogens is 1. The molecule has 5 aromatic rings. The van der Waals surface area contributed by atoms with Gasteiger partial charge in [-0.05, 0) is 67.3 Å². The molecule has 0 radical (unpaired) electrons. The number of thioether (sulfide) groups is 1. The maximum absolute atomic E-state index is 13.8. The van der Waals surface area contributed by atoms with Gasteiger partial charge in [0.15, 0.2) is 10.9 Å². The first-order valence-corrected chi connectivity index (χ1v) is 13.9. The monoisotopic (exact) mass is 538 g/mol.